The molecular weight excluding hydrogens is 234 g/mol. The predicted molar refractivity (Wildman–Crippen MR) is 81.5 cm³/mol. The number of hydrogen-bond donors (Lipinski definition) is 1. The minimum Gasteiger partial charge on any atom is -0.372 e. The van der Waals surface area contributed by atoms with Gasteiger partial charge in [-0.3, -0.25) is 0 Å². The van der Waals surface area contributed by atoms with Gasteiger partial charge in [-0.1, -0.05) is 33.1 Å². The van der Waals surface area contributed by atoms with Crippen molar-refractivity contribution in [3.63, 3.8) is 0 Å². The summed E-state index contributed by atoms with van der Waals surface area (Å²) in [5, 5.41) is 3.62. The molecule has 1 spiro atoms. The fourth-order valence-electron chi connectivity index (χ4n) is 3.82. The first-order valence-electron chi connectivity index (χ1n) is 8.56. The van der Waals surface area contributed by atoms with E-state index in [1.807, 2.05) is 0 Å². The molecule has 1 saturated carbocycles. The lowest BCUT2D eigenvalue weighted by Gasteiger charge is -2.34. The van der Waals surface area contributed by atoms with Crippen LogP contribution >= 0.6 is 0 Å². The second kappa shape index (κ2) is 7.08. The van der Waals surface area contributed by atoms with Crippen molar-refractivity contribution in [1.29, 1.82) is 0 Å². The Morgan fingerprint density at radius 1 is 1.16 bits per heavy atom. The fourth-order valence-corrected chi connectivity index (χ4v) is 3.82. The molecule has 2 nitrogen and oxygen atoms in total. The molecule has 1 aliphatic heterocycles. The summed E-state index contributed by atoms with van der Waals surface area (Å²) in [6.07, 6.45) is 12.4. The summed E-state index contributed by atoms with van der Waals surface area (Å²) in [6, 6.07) is 0.617. The van der Waals surface area contributed by atoms with Crippen LogP contribution in [0.25, 0.3) is 0 Å². The van der Waals surface area contributed by atoms with E-state index >= 15 is 0 Å². The van der Waals surface area contributed by atoms with Crippen LogP contribution in [0.4, 0.5) is 0 Å². The van der Waals surface area contributed by atoms with E-state index in [4.69, 9.17) is 4.74 Å². The molecular formula is C17H33NO. The normalized spacial score (nSPS) is 29.5. The Morgan fingerprint density at radius 3 is 2.58 bits per heavy atom. The largest absolute Gasteiger partial charge is 0.372 e. The maximum Gasteiger partial charge on any atom is 0.0687 e. The van der Waals surface area contributed by atoms with Crippen LogP contribution in [0, 0.1) is 5.92 Å². The van der Waals surface area contributed by atoms with Crippen LogP contribution in [0.3, 0.4) is 0 Å². The van der Waals surface area contributed by atoms with Crippen molar-refractivity contribution in [2.45, 2.75) is 96.3 Å². The van der Waals surface area contributed by atoms with Crippen molar-refractivity contribution in [3.8, 4) is 0 Å². The molecule has 2 fully saturated rings. The van der Waals surface area contributed by atoms with Gasteiger partial charge >= 0.3 is 0 Å². The molecule has 19 heavy (non-hydrogen) atoms. The number of hydrogen-bond acceptors (Lipinski definition) is 2. The molecule has 3 atom stereocenters. The van der Waals surface area contributed by atoms with Gasteiger partial charge in [-0.05, 0) is 57.9 Å². The first-order chi connectivity index (χ1) is 9.15. The number of rotatable bonds is 6. The molecule has 0 bridgehead atoms. The molecule has 1 heterocycles. The van der Waals surface area contributed by atoms with E-state index in [0.29, 0.717) is 17.7 Å². The Balaban J connectivity index is 1.74. The molecule has 2 rings (SSSR count). The molecule has 1 saturated heterocycles. The Labute approximate surface area is 119 Å². The molecule has 2 heteroatoms. The van der Waals surface area contributed by atoms with Gasteiger partial charge in [0.05, 0.1) is 11.7 Å². The fraction of sp³-hybridized carbons (Fsp3) is 1.00. The van der Waals surface area contributed by atoms with Crippen LogP contribution in [-0.4, -0.2) is 24.3 Å². The third-order valence-electron chi connectivity index (χ3n) is 5.31. The van der Waals surface area contributed by atoms with Gasteiger partial charge in [0.1, 0.15) is 0 Å². The Bertz CT molecular complexity index is 260. The Morgan fingerprint density at radius 2 is 1.89 bits per heavy atom. The third-order valence-corrected chi connectivity index (χ3v) is 5.31. The average molecular weight is 267 g/mol. The highest BCUT2D eigenvalue weighted by atomic mass is 16.5. The van der Waals surface area contributed by atoms with Crippen LogP contribution in [0.1, 0.15) is 78.6 Å². The molecule has 2 aliphatic rings. The highest BCUT2D eigenvalue weighted by Gasteiger charge is 2.41. The van der Waals surface area contributed by atoms with Crippen LogP contribution in [0.2, 0.25) is 0 Å². The number of ether oxygens (including phenoxy) is 1. The molecule has 0 aromatic heterocycles. The zero-order valence-corrected chi connectivity index (χ0v) is 13.2. The topological polar surface area (TPSA) is 21.3 Å². The zero-order valence-electron chi connectivity index (χ0n) is 13.2. The summed E-state index contributed by atoms with van der Waals surface area (Å²) in [6.45, 7) is 8.08. The smallest absolute Gasteiger partial charge is 0.0687 e. The summed E-state index contributed by atoms with van der Waals surface area (Å²) >= 11 is 0. The van der Waals surface area contributed by atoms with Gasteiger partial charge in [-0.25, -0.2) is 0 Å². The van der Waals surface area contributed by atoms with Crippen molar-refractivity contribution in [2.24, 2.45) is 5.92 Å². The maximum absolute atomic E-state index is 6.49. The molecule has 3 unspecified atom stereocenters. The van der Waals surface area contributed by atoms with Crippen molar-refractivity contribution in [3.05, 3.63) is 0 Å². The van der Waals surface area contributed by atoms with Crippen LogP contribution in [0.5, 0.6) is 0 Å². The highest BCUT2D eigenvalue weighted by Crippen LogP contribution is 2.43. The molecule has 1 N–H and O–H groups in total. The standard InChI is InChI=1S/C17H33NO/c1-4-12-18-15(3)14(2)13-16-8-11-17(19-16)9-6-5-7-10-17/h14-16,18H,4-13H2,1-3H3. The van der Waals surface area contributed by atoms with E-state index < -0.39 is 0 Å². The van der Waals surface area contributed by atoms with E-state index in [2.05, 4.69) is 26.1 Å². The summed E-state index contributed by atoms with van der Waals surface area (Å²) in [5.41, 5.74) is 0.294. The van der Waals surface area contributed by atoms with Gasteiger partial charge < -0.3 is 10.1 Å². The summed E-state index contributed by atoms with van der Waals surface area (Å²) in [4.78, 5) is 0. The van der Waals surface area contributed by atoms with E-state index in [1.165, 1.54) is 57.8 Å². The highest BCUT2D eigenvalue weighted by molar-refractivity contribution is 4.92. The van der Waals surface area contributed by atoms with E-state index in [0.717, 1.165) is 12.5 Å². The van der Waals surface area contributed by atoms with Gasteiger partial charge in [0.25, 0.3) is 0 Å². The van der Waals surface area contributed by atoms with Gasteiger partial charge in [-0.15, -0.1) is 0 Å². The first-order valence-corrected chi connectivity index (χ1v) is 8.56. The monoisotopic (exact) mass is 267 g/mol. The van der Waals surface area contributed by atoms with Crippen LogP contribution in [0.15, 0.2) is 0 Å². The van der Waals surface area contributed by atoms with Crippen LogP contribution < -0.4 is 5.32 Å². The predicted octanol–water partition coefficient (Wildman–Crippen LogP) is 4.28. The van der Waals surface area contributed by atoms with Gasteiger partial charge in [0, 0.05) is 6.04 Å². The van der Waals surface area contributed by atoms with Gasteiger partial charge in [0.2, 0.25) is 0 Å². The Hall–Kier alpha value is -0.0800. The first kappa shape index (κ1) is 15.3. The minimum atomic E-state index is 0.294. The lowest BCUT2D eigenvalue weighted by molar-refractivity contribution is -0.0701. The molecule has 1 aliphatic carbocycles. The van der Waals surface area contributed by atoms with E-state index in [1.54, 1.807) is 0 Å². The molecule has 0 radical (unpaired) electrons. The maximum atomic E-state index is 6.49. The lowest BCUT2D eigenvalue weighted by Crippen LogP contribution is -2.36. The quantitative estimate of drug-likeness (QED) is 0.775. The number of nitrogens with one attached hydrogen (secondary N) is 1. The van der Waals surface area contributed by atoms with Crippen molar-refractivity contribution in [2.75, 3.05) is 6.54 Å². The Kier molecular flexibility index (Phi) is 5.70. The molecule has 112 valence electrons. The molecule has 0 aromatic carbocycles. The average Bonchev–Trinajstić information content (AvgIpc) is 2.79. The minimum absolute atomic E-state index is 0.294. The van der Waals surface area contributed by atoms with Crippen molar-refractivity contribution >= 4 is 0 Å². The van der Waals surface area contributed by atoms with Gasteiger partial charge in [0.15, 0.2) is 0 Å². The van der Waals surface area contributed by atoms with Crippen molar-refractivity contribution < 1.29 is 4.74 Å². The summed E-state index contributed by atoms with van der Waals surface area (Å²) in [7, 11) is 0. The van der Waals surface area contributed by atoms with E-state index in [9.17, 15) is 0 Å². The summed E-state index contributed by atoms with van der Waals surface area (Å²) < 4.78 is 6.49. The second-order valence-electron chi connectivity index (χ2n) is 6.98. The van der Waals surface area contributed by atoms with Gasteiger partial charge in [-0.2, -0.15) is 0 Å². The van der Waals surface area contributed by atoms with E-state index in [-0.39, 0.29) is 0 Å². The lowest BCUT2D eigenvalue weighted by atomic mass is 9.83. The van der Waals surface area contributed by atoms with Crippen molar-refractivity contribution in [1.82, 2.24) is 5.32 Å². The molecule has 0 aromatic rings. The second-order valence-corrected chi connectivity index (χ2v) is 6.98. The summed E-state index contributed by atoms with van der Waals surface area (Å²) in [5.74, 6) is 0.718. The zero-order chi connectivity index (χ0) is 13.7. The van der Waals surface area contributed by atoms with Crippen LogP contribution in [-0.2, 0) is 4.74 Å². The SMILES string of the molecule is CCCNC(C)C(C)CC1CCC2(CCCCC2)O1. The third kappa shape index (κ3) is 4.19. The molecule has 0 amide bonds.